The highest BCUT2D eigenvalue weighted by atomic mass is 32.2. The van der Waals surface area contributed by atoms with Crippen LogP contribution >= 0.6 is 11.8 Å². The lowest BCUT2D eigenvalue weighted by Gasteiger charge is -2.22. The molecule has 1 amide bonds. The van der Waals surface area contributed by atoms with E-state index in [1.807, 2.05) is 62.1 Å². The number of carbonyl (C=O) groups excluding carboxylic acids is 1. The van der Waals surface area contributed by atoms with Gasteiger partial charge in [0.15, 0.2) is 0 Å². The summed E-state index contributed by atoms with van der Waals surface area (Å²) in [4.78, 5) is 22.8. The van der Waals surface area contributed by atoms with E-state index in [4.69, 9.17) is 0 Å². The summed E-state index contributed by atoms with van der Waals surface area (Å²) < 4.78 is 0. The first-order chi connectivity index (χ1) is 10.7. The fraction of sp³-hybridized carbons (Fsp3) is 0.353. The lowest BCUT2D eigenvalue weighted by Crippen LogP contribution is -2.36. The maximum atomic E-state index is 12.3. The Labute approximate surface area is 136 Å². The molecule has 1 aromatic heterocycles. The topological polar surface area (TPSA) is 46.1 Å². The zero-order valence-electron chi connectivity index (χ0n) is 13.2. The van der Waals surface area contributed by atoms with E-state index in [0.717, 1.165) is 29.4 Å². The quantitative estimate of drug-likeness (QED) is 0.605. The minimum atomic E-state index is -0.154. The molecule has 1 heterocycles. The zero-order chi connectivity index (χ0) is 15.9. The number of benzene rings is 1. The van der Waals surface area contributed by atoms with E-state index in [9.17, 15) is 4.79 Å². The molecule has 1 unspecified atom stereocenters. The van der Waals surface area contributed by atoms with Gasteiger partial charge < -0.3 is 4.90 Å². The third-order valence-corrected chi connectivity index (χ3v) is 4.45. The van der Waals surface area contributed by atoms with Crippen molar-refractivity contribution < 1.29 is 4.79 Å². The Kier molecular flexibility index (Phi) is 5.95. The molecule has 2 rings (SSSR count). The summed E-state index contributed by atoms with van der Waals surface area (Å²) in [5, 5.41) is 0.667. The van der Waals surface area contributed by atoms with Crippen LogP contribution in [0.3, 0.4) is 0 Å². The summed E-state index contributed by atoms with van der Waals surface area (Å²) in [5.41, 5.74) is 1.93. The Morgan fingerprint density at radius 1 is 1.18 bits per heavy atom. The molecular formula is C17H21N3OS. The van der Waals surface area contributed by atoms with Crippen LogP contribution in [-0.4, -0.2) is 39.1 Å². The predicted octanol–water partition coefficient (Wildman–Crippen LogP) is 3.49. The third kappa shape index (κ3) is 4.07. The Hall–Kier alpha value is -1.88. The molecular weight excluding hydrogens is 294 g/mol. The molecule has 2 aromatic rings. The highest BCUT2D eigenvalue weighted by Crippen LogP contribution is 2.25. The summed E-state index contributed by atoms with van der Waals surface area (Å²) in [6.07, 6.45) is 1.55. The summed E-state index contributed by atoms with van der Waals surface area (Å²) in [6.45, 7) is 7.39. The van der Waals surface area contributed by atoms with E-state index >= 15 is 0 Å². The second-order valence-corrected chi connectivity index (χ2v) is 6.24. The highest BCUT2D eigenvalue weighted by Gasteiger charge is 2.19. The molecule has 0 saturated heterocycles. The minimum Gasteiger partial charge on any atom is -0.342 e. The average Bonchev–Trinajstić information content (AvgIpc) is 2.57. The number of hydrogen-bond donors (Lipinski definition) is 0. The SMILES string of the molecule is CCN(CC)C(=O)C(C)Sc1cc(-c2ccccc2)ncn1. The van der Waals surface area contributed by atoms with Crippen LogP contribution in [0.5, 0.6) is 0 Å². The van der Waals surface area contributed by atoms with Crippen LogP contribution < -0.4 is 0 Å². The fourth-order valence-electron chi connectivity index (χ4n) is 2.19. The maximum absolute atomic E-state index is 12.3. The first-order valence-corrected chi connectivity index (χ1v) is 8.36. The molecule has 0 saturated carbocycles. The molecule has 5 heteroatoms. The van der Waals surface area contributed by atoms with Gasteiger partial charge in [-0.2, -0.15) is 0 Å². The normalized spacial score (nSPS) is 12.0. The summed E-state index contributed by atoms with van der Waals surface area (Å²) in [7, 11) is 0. The molecule has 116 valence electrons. The van der Waals surface area contributed by atoms with Gasteiger partial charge >= 0.3 is 0 Å². The molecule has 4 nitrogen and oxygen atoms in total. The molecule has 0 N–H and O–H groups in total. The van der Waals surface area contributed by atoms with Gasteiger partial charge in [0.25, 0.3) is 0 Å². The van der Waals surface area contributed by atoms with E-state index < -0.39 is 0 Å². The molecule has 0 radical (unpaired) electrons. The van der Waals surface area contributed by atoms with E-state index in [1.54, 1.807) is 6.33 Å². The lowest BCUT2D eigenvalue weighted by atomic mass is 10.1. The monoisotopic (exact) mass is 315 g/mol. The second kappa shape index (κ2) is 7.94. The number of rotatable bonds is 6. The van der Waals surface area contributed by atoms with Crippen molar-refractivity contribution in [3.63, 3.8) is 0 Å². The Balaban J connectivity index is 2.12. The number of hydrogen-bond acceptors (Lipinski definition) is 4. The standard InChI is InChI=1S/C17H21N3OS/c1-4-20(5-2)17(21)13(3)22-16-11-15(18-12-19-16)14-9-7-6-8-10-14/h6-13H,4-5H2,1-3H3. The predicted molar refractivity (Wildman–Crippen MR) is 90.7 cm³/mol. The van der Waals surface area contributed by atoms with E-state index in [2.05, 4.69) is 9.97 Å². The summed E-state index contributed by atoms with van der Waals surface area (Å²) >= 11 is 1.48. The molecule has 1 atom stereocenters. The van der Waals surface area contributed by atoms with Gasteiger partial charge in [-0.25, -0.2) is 9.97 Å². The van der Waals surface area contributed by atoms with Crippen molar-refractivity contribution in [2.75, 3.05) is 13.1 Å². The van der Waals surface area contributed by atoms with Crippen molar-refractivity contribution in [2.45, 2.75) is 31.0 Å². The number of nitrogens with zero attached hydrogens (tertiary/aromatic N) is 3. The van der Waals surface area contributed by atoms with Crippen molar-refractivity contribution in [2.24, 2.45) is 0 Å². The van der Waals surface area contributed by atoms with Gasteiger partial charge in [-0.3, -0.25) is 4.79 Å². The minimum absolute atomic E-state index is 0.148. The molecule has 0 bridgehead atoms. The fourth-order valence-corrected chi connectivity index (χ4v) is 3.09. The van der Waals surface area contributed by atoms with Crippen molar-refractivity contribution in [1.82, 2.24) is 14.9 Å². The highest BCUT2D eigenvalue weighted by molar-refractivity contribution is 8.00. The maximum Gasteiger partial charge on any atom is 0.235 e. The van der Waals surface area contributed by atoms with Gasteiger partial charge in [-0.05, 0) is 26.8 Å². The first kappa shape index (κ1) is 16.5. The van der Waals surface area contributed by atoms with E-state index in [1.165, 1.54) is 11.8 Å². The van der Waals surface area contributed by atoms with Crippen LogP contribution in [0.25, 0.3) is 11.3 Å². The molecule has 0 aliphatic rings. The van der Waals surface area contributed by atoms with E-state index in [0.29, 0.717) is 0 Å². The van der Waals surface area contributed by atoms with Gasteiger partial charge in [0.05, 0.1) is 10.9 Å². The third-order valence-electron chi connectivity index (χ3n) is 3.43. The lowest BCUT2D eigenvalue weighted by molar-refractivity contribution is -0.129. The molecule has 0 spiro atoms. The molecule has 0 aliphatic carbocycles. The van der Waals surface area contributed by atoms with Crippen molar-refractivity contribution in [1.29, 1.82) is 0 Å². The van der Waals surface area contributed by atoms with Crippen molar-refractivity contribution >= 4 is 17.7 Å². The van der Waals surface area contributed by atoms with Gasteiger partial charge in [-0.1, -0.05) is 42.1 Å². The molecule has 0 aliphatic heterocycles. The molecule has 1 aromatic carbocycles. The van der Waals surface area contributed by atoms with Gasteiger partial charge in [-0.15, -0.1) is 0 Å². The van der Waals surface area contributed by atoms with E-state index in [-0.39, 0.29) is 11.2 Å². The Bertz CT molecular complexity index is 614. The zero-order valence-corrected chi connectivity index (χ0v) is 14.0. The van der Waals surface area contributed by atoms with Gasteiger partial charge in [0.1, 0.15) is 11.4 Å². The van der Waals surface area contributed by atoms with Crippen LogP contribution in [0, 0.1) is 0 Å². The number of amides is 1. The number of thioether (sulfide) groups is 1. The summed E-state index contributed by atoms with van der Waals surface area (Å²) in [6, 6.07) is 11.9. The van der Waals surface area contributed by atoms with Gasteiger partial charge in [0.2, 0.25) is 5.91 Å². The average molecular weight is 315 g/mol. The Morgan fingerprint density at radius 2 is 1.86 bits per heavy atom. The van der Waals surface area contributed by atoms with Crippen molar-refractivity contribution in [3.8, 4) is 11.3 Å². The van der Waals surface area contributed by atoms with Crippen LogP contribution in [0.2, 0.25) is 0 Å². The smallest absolute Gasteiger partial charge is 0.235 e. The van der Waals surface area contributed by atoms with Crippen LogP contribution in [0.4, 0.5) is 0 Å². The number of carbonyl (C=O) groups is 1. The van der Waals surface area contributed by atoms with Crippen LogP contribution in [-0.2, 0) is 4.79 Å². The molecule has 0 fully saturated rings. The van der Waals surface area contributed by atoms with Crippen LogP contribution in [0.15, 0.2) is 47.8 Å². The first-order valence-electron chi connectivity index (χ1n) is 7.48. The van der Waals surface area contributed by atoms with Crippen LogP contribution in [0.1, 0.15) is 20.8 Å². The van der Waals surface area contributed by atoms with Crippen molar-refractivity contribution in [3.05, 3.63) is 42.7 Å². The van der Waals surface area contributed by atoms with Gasteiger partial charge in [0, 0.05) is 18.7 Å². The second-order valence-electron chi connectivity index (χ2n) is 4.88. The Morgan fingerprint density at radius 3 is 2.50 bits per heavy atom. The molecule has 22 heavy (non-hydrogen) atoms. The number of aromatic nitrogens is 2. The summed E-state index contributed by atoms with van der Waals surface area (Å²) in [5.74, 6) is 0.148. The largest absolute Gasteiger partial charge is 0.342 e.